The van der Waals surface area contributed by atoms with Gasteiger partial charge in [-0.15, -0.1) is 0 Å². The summed E-state index contributed by atoms with van der Waals surface area (Å²) in [5.41, 5.74) is -7.19. The van der Waals surface area contributed by atoms with Gasteiger partial charge in [0.1, 0.15) is 6.17 Å². The molecule has 0 heterocycles. The van der Waals surface area contributed by atoms with Crippen molar-refractivity contribution in [3.05, 3.63) is 23.8 Å². The molecule has 0 saturated heterocycles. The molecule has 0 bridgehead atoms. The lowest BCUT2D eigenvalue weighted by molar-refractivity contribution is -0.226. The first-order chi connectivity index (χ1) is 18.2. The van der Waals surface area contributed by atoms with E-state index in [2.05, 4.69) is 0 Å². The minimum absolute atomic E-state index is 0.00426. The molecule has 0 aromatic rings. The smallest absolute Gasteiger partial charge is 0.457 e. The Morgan fingerprint density at radius 1 is 1.13 bits per heavy atom. The molecule has 4 aliphatic rings. The Labute approximate surface area is 227 Å². The molecule has 1 N–H and O–H groups in total. The highest BCUT2D eigenvalue weighted by atomic mass is 19.1. The molecule has 39 heavy (non-hydrogen) atoms. The Morgan fingerprint density at radius 2 is 1.82 bits per heavy atom. The zero-order chi connectivity index (χ0) is 29.0. The Bertz CT molecular complexity index is 1120. The van der Waals surface area contributed by atoms with E-state index in [1.54, 1.807) is 27.7 Å². The van der Waals surface area contributed by atoms with E-state index in [1.807, 2.05) is 0 Å². The highest BCUT2D eigenvalue weighted by Crippen LogP contribution is 2.71. The van der Waals surface area contributed by atoms with Crippen molar-refractivity contribution in [3.8, 4) is 0 Å². The Morgan fingerprint density at radius 3 is 2.46 bits per heavy atom. The molecule has 9 atom stereocenters. The maximum atomic E-state index is 17.4. The summed E-state index contributed by atoms with van der Waals surface area (Å²) < 4.78 is 49.2. The second kappa shape index (κ2) is 10.1. The molecule has 0 aromatic carbocycles. The van der Waals surface area contributed by atoms with Gasteiger partial charge in [0.2, 0.25) is 5.78 Å². The lowest BCUT2D eigenvalue weighted by Gasteiger charge is -2.63. The van der Waals surface area contributed by atoms with Gasteiger partial charge >= 0.3 is 12.1 Å². The lowest BCUT2D eigenvalue weighted by Crippen LogP contribution is -2.71. The first-order valence-corrected chi connectivity index (χ1v) is 13.7. The average Bonchev–Trinajstić information content (AvgIpc) is 3.08. The topological polar surface area (TPSA) is 116 Å². The second-order valence-electron chi connectivity index (χ2n) is 11.9. The third kappa shape index (κ3) is 4.07. The van der Waals surface area contributed by atoms with E-state index >= 15 is 8.78 Å². The number of alkyl halides is 2. The van der Waals surface area contributed by atoms with Gasteiger partial charge in [-0.25, -0.2) is 13.6 Å². The monoisotopic (exact) mass is 552 g/mol. The summed E-state index contributed by atoms with van der Waals surface area (Å²) in [4.78, 5) is 50.7. The standard InChI is InChI=1S/C29H38F2O8/c1-6-8-24(35)38-15-23(34)29(39-25(36)37-7-2)16(3)11-18-19-13-21(30)20-12-17(32)9-10-26(20,4)28(19,31)22(33)14-27(18,29)5/h9-10,12,16,18-19,21-22,33H,6-8,11,13-15H2,1-5H3/t16-,18+,19+,21+,22+,26+,27+,28+,29+/m1/s1. The molecule has 0 unspecified atom stereocenters. The van der Waals surface area contributed by atoms with Gasteiger partial charge < -0.3 is 19.3 Å². The number of aliphatic hydroxyl groups is 1. The first kappa shape index (κ1) is 29.4. The van der Waals surface area contributed by atoms with E-state index < -0.39 is 82.4 Å². The van der Waals surface area contributed by atoms with Gasteiger partial charge in [-0.2, -0.15) is 0 Å². The molecule has 0 radical (unpaired) electrons. The SMILES string of the molecule is CCCC(=O)OCC(=O)[C@@]1(OC(=O)OCC)[C@H](C)C[C@H]2[C@@H]3C[C@H](F)C4=CC(=O)C=C[C@]4(C)[C@@]3(F)[C@@H](O)C[C@@]21C. The normalized spacial score (nSPS) is 42.5. The Balaban J connectivity index is 1.80. The summed E-state index contributed by atoms with van der Waals surface area (Å²) in [5.74, 6) is -4.16. The lowest BCUT2D eigenvalue weighted by atomic mass is 9.44. The van der Waals surface area contributed by atoms with Gasteiger partial charge in [0.05, 0.1) is 12.7 Å². The van der Waals surface area contributed by atoms with Gasteiger partial charge in [0.25, 0.3) is 0 Å². The number of aliphatic hydroxyl groups excluding tert-OH is 1. The van der Waals surface area contributed by atoms with Crippen LogP contribution in [0.1, 0.15) is 66.7 Å². The zero-order valence-electron chi connectivity index (χ0n) is 23.1. The van der Waals surface area contributed by atoms with Gasteiger partial charge in [-0.1, -0.05) is 26.8 Å². The summed E-state index contributed by atoms with van der Waals surface area (Å²) in [6, 6.07) is 0. The third-order valence-electron chi connectivity index (χ3n) is 9.91. The summed E-state index contributed by atoms with van der Waals surface area (Å²) in [6.07, 6.45) is -0.578. The molecule has 216 valence electrons. The first-order valence-electron chi connectivity index (χ1n) is 13.7. The number of rotatable bonds is 7. The Hall–Kier alpha value is -2.62. The maximum absolute atomic E-state index is 17.4. The quantitative estimate of drug-likeness (QED) is 0.463. The van der Waals surface area contributed by atoms with Crippen molar-refractivity contribution in [2.45, 2.75) is 90.3 Å². The van der Waals surface area contributed by atoms with Crippen molar-refractivity contribution < 1.29 is 47.3 Å². The number of ketones is 2. The van der Waals surface area contributed by atoms with Crippen LogP contribution in [0.2, 0.25) is 0 Å². The molecule has 3 fully saturated rings. The van der Waals surface area contributed by atoms with Crippen LogP contribution in [0.25, 0.3) is 0 Å². The molecular weight excluding hydrogens is 514 g/mol. The molecule has 0 spiro atoms. The number of hydrogen-bond donors (Lipinski definition) is 1. The van der Waals surface area contributed by atoms with Crippen LogP contribution in [0.15, 0.2) is 23.8 Å². The van der Waals surface area contributed by atoms with Crippen LogP contribution in [0.4, 0.5) is 13.6 Å². The van der Waals surface area contributed by atoms with E-state index in [0.29, 0.717) is 6.42 Å². The predicted molar refractivity (Wildman–Crippen MR) is 135 cm³/mol. The van der Waals surface area contributed by atoms with Gasteiger partial charge in [0, 0.05) is 29.1 Å². The van der Waals surface area contributed by atoms with E-state index in [4.69, 9.17) is 14.2 Å². The van der Waals surface area contributed by atoms with E-state index in [-0.39, 0.29) is 37.9 Å². The molecule has 3 saturated carbocycles. The van der Waals surface area contributed by atoms with E-state index in [9.17, 15) is 24.3 Å². The summed E-state index contributed by atoms with van der Waals surface area (Å²) in [5, 5.41) is 11.5. The van der Waals surface area contributed by atoms with Crippen molar-refractivity contribution in [2.24, 2.45) is 28.6 Å². The molecule has 4 rings (SSSR count). The third-order valence-corrected chi connectivity index (χ3v) is 9.91. The zero-order valence-corrected chi connectivity index (χ0v) is 23.1. The predicted octanol–water partition coefficient (Wildman–Crippen LogP) is 4.38. The van der Waals surface area contributed by atoms with Crippen molar-refractivity contribution in [1.29, 1.82) is 0 Å². The Kier molecular flexibility index (Phi) is 7.60. The number of allylic oxidation sites excluding steroid dienone is 4. The van der Waals surface area contributed by atoms with Crippen LogP contribution in [-0.2, 0) is 28.6 Å². The van der Waals surface area contributed by atoms with Crippen molar-refractivity contribution in [3.63, 3.8) is 0 Å². The van der Waals surface area contributed by atoms with Crippen LogP contribution in [0.3, 0.4) is 0 Å². The number of hydrogen-bond acceptors (Lipinski definition) is 8. The van der Waals surface area contributed by atoms with Crippen LogP contribution < -0.4 is 0 Å². The molecule has 0 amide bonds. The summed E-state index contributed by atoms with van der Waals surface area (Å²) in [7, 11) is 0. The highest BCUT2D eigenvalue weighted by Gasteiger charge is 2.78. The van der Waals surface area contributed by atoms with Crippen molar-refractivity contribution in [1.82, 2.24) is 0 Å². The fourth-order valence-electron chi connectivity index (χ4n) is 8.20. The van der Waals surface area contributed by atoms with E-state index in [1.165, 1.54) is 19.1 Å². The van der Waals surface area contributed by atoms with Crippen molar-refractivity contribution >= 4 is 23.7 Å². The maximum Gasteiger partial charge on any atom is 0.509 e. The number of Topliss-reactive ketones (excluding diaryl/α,β-unsaturated/α-hetero) is 1. The molecule has 4 aliphatic carbocycles. The van der Waals surface area contributed by atoms with Gasteiger partial charge in [-0.05, 0) is 63.2 Å². The molecular formula is C29H38F2O8. The van der Waals surface area contributed by atoms with Crippen LogP contribution in [0.5, 0.6) is 0 Å². The van der Waals surface area contributed by atoms with Crippen molar-refractivity contribution in [2.75, 3.05) is 13.2 Å². The molecule has 10 heteroatoms. The largest absolute Gasteiger partial charge is 0.509 e. The number of fused-ring (bicyclic) bond motifs is 5. The number of carbonyl (C=O) groups is 4. The molecule has 0 aliphatic heterocycles. The minimum atomic E-state index is -2.35. The highest BCUT2D eigenvalue weighted by molar-refractivity contribution is 6.01. The number of halogens is 2. The number of ether oxygens (including phenoxy) is 3. The summed E-state index contributed by atoms with van der Waals surface area (Å²) in [6.45, 7) is 7.49. The van der Waals surface area contributed by atoms with Gasteiger partial charge in [-0.3, -0.25) is 14.4 Å². The second-order valence-corrected chi connectivity index (χ2v) is 11.9. The molecule has 0 aromatic heterocycles. The van der Waals surface area contributed by atoms with Gasteiger partial charge in [0.15, 0.2) is 23.7 Å². The number of esters is 1. The fourth-order valence-corrected chi connectivity index (χ4v) is 8.20. The number of carbonyl (C=O) groups excluding carboxylic acids is 4. The molecule has 8 nitrogen and oxygen atoms in total. The fraction of sp³-hybridized carbons (Fsp3) is 0.724. The average molecular weight is 553 g/mol. The van der Waals surface area contributed by atoms with Crippen LogP contribution in [-0.4, -0.2) is 65.6 Å². The van der Waals surface area contributed by atoms with Crippen LogP contribution >= 0.6 is 0 Å². The minimum Gasteiger partial charge on any atom is -0.457 e. The summed E-state index contributed by atoms with van der Waals surface area (Å²) >= 11 is 0. The van der Waals surface area contributed by atoms with Crippen LogP contribution in [0, 0.1) is 28.6 Å². The van der Waals surface area contributed by atoms with E-state index in [0.717, 1.165) is 6.08 Å².